The number of rotatable bonds is 4. The molecule has 3 rings (SSSR count). The van der Waals surface area contributed by atoms with Crippen LogP contribution in [0.3, 0.4) is 0 Å². The second kappa shape index (κ2) is 6.64. The number of nitrogens with zero attached hydrogens (tertiary/aromatic N) is 1. The summed E-state index contributed by atoms with van der Waals surface area (Å²) in [7, 11) is 4.19. The van der Waals surface area contributed by atoms with Crippen molar-refractivity contribution < 1.29 is 9.90 Å². The molecule has 0 unspecified atom stereocenters. The fourth-order valence-electron chi connectivity index (χ4n) is 4.16. The van der Waals surface area contributed by atoms with E-state index in [1.165, 1.54) is 28.9 Å². The zero-order valence-corrected chi connectivity index (χ0v) is 16.2. The number of hydrogen-bond donors (Lipinski definition) is 1. The van der Waals surface area contributed by atoms with Crippen molar-refractivity contribution in [2.24, 2.45) is 5.41 Å². The third-order valence-electron chi connectivity index (χ3n) is 5.35. The molecule has 1 aromatic heterocycles. The van der Waals surface area contributed by atoms with Gasteiger partial charge in [0.05, 0.1) is 5.56 Å². The van der Waals surface area contributed by atoms with Gasteiger partial charge < -0.3 is 10.0 Å². The van der Waals surface area contributed by atoms with Gasteiger partial charge >= 0.3 is 5.97 Å². The van der Waals surface area contributed by atoms with Crippen LogP contribution in [-0.4, -0.2) is 36.6 Å². The fourth-order valence-corrected chi connectivity index (χ4v) is 5.59. The minimum Gasteiger partial charge on any atom is -0.478 e. The molecule has 3 nitrogen and oxygen atoms in total. The average Bonchev–Trinajstić information content (AvgIpc) is 2.84. The van der Waals surface area contributed by atoms with E-state index in [9.17, 15) is 9.90 Å². The number of hydrogen-bond acceptors (Lipinski definition) is 3. The molecule has 0 amide bonds. The largest absolute Gasteiger partial charge is 0.478 e. The first-order chi connectivity index (χ1) is 11.3. The minimum atomic E-state index is -0.734. The van der Waals surface area contributed by atoms with Crippen LogP contribution in [0.15, 0.2) is 5.57 Å². The molecule has 2 aliphatic carbocycles. The average molecular weight is 348 g/mol. The Hall–Kier alpha value is -1.13. The molecular weight excluding hydrogens is 318 g/mol. The van der Waals surface area contributed by atoms with Crippen LogP contribution in [0.1, 0.15) is 71.6 Å². The van der Waals surface area contributed by atoms with Gasteiger partial charge in [0, 0.05) is 16.3 Å². The highest BCUT2D eigenvalue weighted by atomic mass is 32.1. The molecule has 1 heterocycles. The van der Waals surface area contributed by atoms with Crippen LogP contribution >= 0.6 is 11.3 Å². The summed E-state index contributed by atoms with van der Waals surface area (Å²) in [6.45, 7) is 5.47. The van der Waals surface area contributed by atoms with Gasteiger partial charge in [-0.25, -0.2) is 4.79 Å². The molecule has 0 atom stereocenters. The van der Waals surface area contributed by atoms with E-state index < -0.39 is 5.97 Å². The van der Waals surface area contributed by atoms with Gasteiger partial charge in [-0.05, 0) is 75.6 Å². The highest BCUT2D eigenvalue weighted by Gasteiger charge is 2.34. The SMILES string of the molecule is CN(C)CC1=C(c2sc3c(c2C(=O)O)CC(C)(C)CC3)CCCC1. The molecule has 24 heavy (non-hydrogen) atoms. The molecule has 1 N–H and O–H groups in total. The zero-order valence-electron chi connectivity index (χ0n) is 15.4. The van der Waals surface area contributed by atoms with Gasteiger partial charge in [0.15, 0.2) is 0 Å². The lowest BCUT2D eigenvalue weighted by Gasteiger charge is -2.29. The molecule has 2 aliphatic rings. The Bertz CT molecular complexity index is 682. The van der Waals surface area contributed by atoms with Gasteiger partial charge in [-0.15, -0.1) is 11.3 Å². The lowest BCUT2D eigenvalue weighted by atomic mass is 9.75. The summed E-state index contributed by atoms with van der Waals surface area (Å²) < 4.78 is 0. The smallest absolute Gasteiger partial charge is 0.337 e. The molecule has 0 saturated carbocycles. The van der Waals surface area contributed by atoms with Crippen LogP contribution in [0.2, 0.25) is 0 Å². The maximum Gasteiger partial charge on any atom is 0.337 e. The lowest BCUT2D eigenvalue weighted by Crippen LogP contribution is -2.22. The van der Waals surface area contributed by atoms with Crippen LogP contribution in [0, 0.1) is 5.41 Å². The van der Waals surface area contributed by atoms with Crippen molar-refractivity contribution in [3.63, 3.8) is 0 Å². The second-order valence-electron chi connectivity index (χ2n) is 8.38. The maximum absolute atomic E-state index is 12.1. The van der Waals surface area contributed by atoms with Gasteiger partial charge in [-0.2, -0.15) is 0 Å². The summed E-state index contributed by atoms with van der Waals surface area (Å²) >= 11 is 1.77. The van der Waals surface area contributed by atoms with Crippen molar-refractivity contribution in [1.82, 2.24) is 4.90 Å². The summed E-state index contributed by atoms with van der Waals surface area (Å²) in [5.74, 6) is -0.734. The fraction of sp³-hybridized carbons (Fsp3) is 0.650. The van der Waals surface area contributed by atoms with E-state index in [4.69, 9.17) is 0 Å². The number of carboxylic acid groups (broad SMARTS) is 1. The van der Waals surface area contributed by atoms with Gasteiger partial charge in [0.25, 0.3) is 0 Å². The number of fused-ring (bicyclic) bond motifs is 1. The van der Waals surface area contributed by atoms with E-state index >= 15 is 0 Å². The highest BCUT2D eigenvalue weighted by molar-refractivity contribution is 7.13. The molecule has 0 fully saturated rings. The van der Waals surface area contributed by atoms with Gasteiger partial charge in [-0.1, -0.05) is 19.4 Å². The van der Waals surface area contributed by atoms with Crippen molar-refractivity contribution >= 4 is 22.9 Å². The van der Waals surface area contributed by atoms with Crippen molar-refractivity contribution in [2.45, 2.75) is 58.8 Å². The first-order valence-corrected chi connectivity index (χ1v) is 9.84. The van der Waals surface area contributed by atoms with Crippen LogP contribution in [0.25, 0.3) is 5.57 Å². The van der Waals surface area contributed by atoms with E-state index in [0.29, 0.717) is 5.56 Å². The molecule has 1 aromatic rings. The van der Waals surface area contributed by atoms with Crippen molar-refractivity contribution in [1.29, 1.82) is 0 Å². The van der Waals surface area contributed by atoms with E-state index in [1.54, 1.807) is 11.3 Å². The van der Waals surface area contributed by atoms with E-state index in [2.05, 4.69) is 32.8 Å². The predicted octanol–water partition coefficient (Wildman–Crippen LogP) is 4.85. The standard InChI is InChI=1S/C20H29NO2S/c1-20(2)10-9-16-15(11-20)17(19(22)23)18(24-16)14-8-6-5-7-13(14)12-21(3)4/h5-12H2,1-4H3,(H,22,23). The number of allylic oxidation sites excluding steroid dienone is 1. The van der Waals surface area contributed by atoms with Gasteiger partial charge in [-0.3, -0.25) is 0 Å². The van der Waals surface area contributed by atoms with Crippen LogP contribution in [0.5, 0.6) is 0 Å². The number of carboxylic acids is 1. The summed E-state index contributed by atoms with van der Waals surface area (Å²) in [6.07, 6.45) is 7.64. The zero-order chi connectivity index (χ0) is 17.5. The molecule has 4 heteroatoms. The number of carbonyl (C=O) groups is 1. The summed E-state index contributed by atoms with van der Waals surface area (Å²) in [5.41, 5.74) is 4.75. The van der Waals surface area contributed by atoms with Crippen LogP contribution in [-0.2, 0) is 12.8 Å². The molecule has 0 aliphatic heterocycles. The Morgan fingerprint density at radius 2 is 1.92 bits per heavy atom. The molecular formula is C20H29NO2S. The summed E-state index contributed by atoms with van der Waals surface area (Å²) in [4.78, 5) is 16.7. The highest BCUT2D eigenvalue weighted by Crippen LogP contribution is 2.46. The second-order valence-corrected chi connectivity index (χ2v) is 9.49. The normalized spacial score (nSPS) is 20.4. The third-order valence-corrected chi connectivity index (χ3v) is 6.70. The van der Waals surface area contributed by atoms with Gasteiger partial charge in [0.1, 0.15) is 0 Å². The first-order valence-electron chi connectivity index (χ1n) is 9.02. The number of thiophene rings is 1. The van der Waals surface area contributed by atoms with Crippen molar-refractivity contribution in [3.05, 3.63) is 26.5 Å². The Kier molecular flexibility index (Phi) is 4.89. The molecule has 0 saturated heterocycles. The summed E-state index contributed by atoms with van der Waals surface area (Å²) in [5, 5.41) is 9.95. The van der Waals surface area contributed by atoms with E-state index in [0.717, 1.165) is 49.1 Å². The lowest BCUT2D eigenvalue weighted by molar-refractivity contribution is 0.0695. The molecule has 0 spiro atoms. The topological polar surface area (TPSA) is 40.5 Å². The van der Waals surface area contributed by atoms with Crippen LogP contribution in [0.4, 0.5) is 0 Å². The summed E-state index contributed by atoms with van der Waals surface area (Å²) in [6, 6.07) is 0. The molecule has 0 bridgehead atoms. The van der Waals surface area contributed by atoms with E-state index in [-0.39, 0.29) is 5.41 Å². The van der Waals surface area contributed by atoms with Gasteiger partial charge in [0.2, 0.25) is 0 Å². The van der Waals surface area contributed by atoms with Crippen molar-refractivity contribution in [2.75, 3.05) is 20.6 Å². The molecule has 0 radical (unpaired) electrons. The van der Waals surface area contributed by atoms with E-state index in [1.807, 2.05) is 0 Å². The number of aromatic carboxylic acids is 1. The Morgan fingerprint density at radius 1 is 1.21 bits per heavy atom. The number of likely N-dealkylation sites (N-methyl/N-ethyl adjacent to an activating group) is 1. The Labute approximate surface area is 149 Å². The monoisotopic (exact) mass is 347 g/mol. The Balaban J connectivity index is 2.12. The molecule has 0 aromatic carbocycles. The first kappa shape index (κ1) is 17.7. The predicted molar refractivity (Wildman–Crippen MR) is 101 cm³/mol. The van der Waals surface area contributed by atoms with Crippen LogP contribution < -0.4 is 0 Å². The quantitative estimate of drug-likeness (QED) is 0.846. The molecule has 132 valence electrons. The maximum atomic E-state index is 12.1. The van der Waals surface area contributed by atoms with Crippen molar-refractivity contribution in [3.8, 4) is 0 Å². The Morgan fingerprint density at radius 3 is 2.58 bits per heavy atom. The number of aryl methyl sites for hydroxylation is 1. The minimum absolute atomic E-state index is 0.211. The third kappa shape index (κ3) is 3.45.